The van der Waals surface area contributed by atoms with Gasteiger partial charge in [-0.25, -0.2) is 0 Å². The highest BCUT2D eigenvalue weighted by Gasteiger charge is 2.16. The maximum absolute atomic E-state index is 8.54. The molecule has 0 amide bonds. The zero-order valence-corrected chi connectivity index (χ0v) is 9.47. The summed E-state index contributed by atoms with van der Waals surface area (Å²) in [5, 5.41) is 8.54. The molecular formula is C13H17N3. The third-order valence-electron chi connectivity index (χ3n) is 3.03. The third-order valence-corrected chi connectivity index (χ3v) is 3.03. The Kier molecular flexibility index (Phi) is 3.79. The average molecular weight is 215 g/mol. The smallest absolute Gasteiger partial charge is 0.0635 e. The van der Waals surface area contributed by atoms with Crippen LogP contribution in [0.4, 0.5) is 5.69 Å². The number of para-hydroxylation sites is 1. The molecule has 3 nitrogen and oxygen atoms in total. The molecule has 0 N–H and O–H groups in total. The predicted octanol–water partition coefficient (Wildman–Crippen LogP) is 1.72. The summed E-state index contributed by atoms with van der Waals surface area (Å²) in [6.45, 7) is 5.18. The lowest BCUT2D eigenvalue weighted by atomic mass is 10.2. The Morgan fingerprint density at radius 2 is 1.75 bits per heavy atom. The second-order valence-electron chi connectivity index (χ2n) is 4.07. The van der Waals surface area contributed by atoms with E-state index in [1.807, 2.05) is 6.07 Å². The summed E-state index contributed by atoms with van der Waals surface area (Å²) >= 11 is 0. The molecule has 1 heterocycles. The highest BCUT2D eigenvalue weighted by molar-refractivity contribution is 5.46. The molecule has 16 heavy (non-hydrogen) atoms. The van der Waals surface area contributed by atoms with Gasteiger partial charge in [-0.15, -0.1) is 0 Å². The van der Waals surface area contributed by atoms with Gasteiger partial charge in [0.25, 0.3) is 0 Å². The second-order valence-corrected chi connectivity index (χ2v) is 4.07. The molecular weight excluding hydrogens is 198 g/mol. The lowest BCUT2D eigenvalue weighted by Gasteiger charge is -2.35. The van der Waals surface area contributed by atoms with Gasteiger partial charge in [0.05, 0.1) is 6.07 Å². The fraction of sp³-hybridized carbons (Fsp3) is 0.462. The quantitative estimate of drug-likeness (QED) is 0.769. The topological polar surface area (TPSA) is 30.3 Å². The highest BCUT2D eigenvalue weighted by atomic mass is 15.3. The summed E-state index contributed by atoms with van der Waals surface area (Å²) in [7, 11) is 0. The molecule has 1 saturated heterocycles. The van der Waals surface area contributed by atoms with Gasteiger partial charge in [0.1, 0.15) is 0 Å². The van der Waals surface area contributed by atoms with E-state index in [0.29, 0.717) is 6.42 Å². The number of anilines is 1. The van der Waals surface area contributed by atoms with Gasteiger partial charge in [0, 0.05) is 44.8 Å². The van der Waals surface area contributed by atoms with E-state index in [9.17, 15) is 0 Å². The maximum Gasteiger partial charge on any atom is 0.0635 e. The number of piperazine rings is 1. The normalized spacial score (nSPS) is 17.1. The molecule has 0 aliphatic carbocycles. The molecule has 0 spiro atoms. The molecule has 0 aromatic heterocycles. The van der Waals surface area contributed by atoms with Crippen molar-refractivity contribution in [2.75, 3.05) is 37.6 Å². The fourth-order valence-electron chi connectivity index (χ4n) is 2.08. The Labute approximate surface area is 96.9 Å². The molecule has 0 radical (unpaired) electrons. The molecule has 3 heteroatoms. The van der Waals surface area contributed by atoms with Crippen molar-refractivity contribution in [1.29, 1.82) is 5.26 Å². The molecule has 1 aliphatic heterocycles. The van der Waals surface area contributed by atoms with Crippen molar-refractivity contribution in [3.63, 3.8) is 0 Å². The van der Waals surface area contributed by atoms with Crippen LogP contribution in [0.5, 0.6) is 0 Å². The Hall–Kier alpha value is -1.53. The van der Waals surface area contributed by atoms with Crippen LogP contribution in [0.1, 0.15) is 6.42 Å². The summed E-state index contributed by atoms with van der Waals surface area (Å²) in [6, 6.07) is 12.7. The second kappa shape index (κ2) is 5.53. The Bertz CT molecular complexity index is 347. The van der Waals surface area contributed by atoms with Gasteiger partial charge >= 0.3 is 0 Å². The number of nitriles is 1. The van der Waals surface area contributed by atoms with Crippen LogP contribution in [-0.2, 0) is 0 Å². The van der Waals surface area contributed by atoms with Crippen molar-refractivity contribution < 1.29 is 0 Å². The minimum Gasteiger partial charge on any atom is -0.369 e. The van der Waals surface area contributed by atoms with Crippen LogP contribution in [0.15, 0.2) is 30.3 Å². The minimum absolute atomic E-state index is 0.644. The molecule has 1 aromatic carbocycles. The molecule has 1 aliphatic rings. The molecule has 0 atom stereocenters. The van der Waals surface area contributed by atoms with Gasteiger partial charge in [-0.2, -0.15) is 5.26 Å². The van der Waals surface area contributed by atoms with E-state index in [2.05, 4.69) is 40.1 Å². The average Bonchev–Trinajstić information content (AvgIpc) is 2.38. The molecule has 0 bridgehead atoms. The number of rotatable bonds is 3. The van der Waals surface area contributed by atoms with Crippen molar-refractivity contribution in [2.24, 2.45) is 0 Å². The highest BCUT2D eigenvalue weighted by Crippen LogP contribution is 2.15. The van der Waals surface area contributed by atoms with Crippen molar-refractivity contribution >= 4 is 5.69 Å². The first kappa shape index (κ1) is 11.0. The first-order valence-corrected chi connectivity index (χ1v) is 5.79. The predicted molar refractivity (Wildman–Crippen MR) is 65.3 cm³/mol. The summed E-state index contributed by atoms with van der Waals surface area (Å²) in [5.41, 5.74) is 1.31. The van der Waals surface area contributed by atoms with Crippen molar-refractivity contribution in [2.45, 2.75) is 6.42 Å². The largest absolute Gasteiger partial charge is 0.369 e. The van der Waals surface area contributed by atoms with Crippen molar-refractivity contribution in [3.8, 4) is 6.07 Å². The Morgan fingerprint density at radius 1 is 1.06 bits per heavy atom. The maximum atomic E-state index is 8.54. The van der Waals surface area contributed by atoms with E-state index < -0.39 is 0 Å². The third kappa shape index (κ3) is 2.74. The van der Waals surface area contributed by atoms with Crippen molar-refractivity contribution in [1.82, 2.24) is 4.90 Å². The van der Waals surface area contributed by atoms with E-state index >= 15 is 0 Å². The van der Waals surface area contributed by atoms with E-state index in [4.69, 9.17) is 5.26 Å². The Balaban J connectivity index is 1.84. The number of nitrogens with zero attached hydrogens (tertiary/aromatic N) is 3. The molecule has 0 saturated carbocycles. The van der Waals surface area contributed by atoms with Crippen LogP contribution in [0.25, 0.3) is 0 Å². The van der Waals surface area contributed by atoms with Crippen LogP contribution in [0.2, 0.25) is 0 Å². The standard InChI is InChI=1S/C13H17N3/c14-7-4-8-15-9-11-16(12-10-15)13-5-2-1-3-6-13/h1-3,5-6H,4,8-12H2. The van der Waals surface area contributed by atoms with Crippen LogP contribution < -0.4 is 4.90 Å². The monoisotopic (exact) mass is 215 g/mol. The molecule has 84 valence electrons. The van der Waals surface area contributed by atoms with E-state index in [0.717, 1.165) is 32.7 Å². The van der Waals surface area contributed by atoms with Gasteiger partial charge < -0.3 is 4.90 Å². The summed E-state index contributed by atoms with van der Waals surface area (Å²) in [5.74, 6) is 0. The zero-order valence-electron chi connectivity index (χ0n) is 9.47. The summed E-state index contributed by atoms with van der Waals surface area (Å²) in [6.07, 6.45) is 0.644. The first-order chi connectivity index (χ1) is 7.90. The van der Waals surface area contributed by atoms with Crippen LogP contribution in [0.3, 0.4) is 0 Å². The van der Waals surface area contributed by atoms with Crippen molar-refractivity contribution in [3.05, 3.63) is 30.3 Å². The number of hydrogen-bond acceptors (Lipinski definition) is 3. The lowest BCUT2D eigenvalue weighted by Crippen LogP contribution is -2.46. The summed E-state index contributed by atoms with van der Waals surface area (Å²) in [4.78, 5) is 4.77. The van der Waals surface area contributed by atoms with E-state index in [1.165, 1.54) is 5.69 Å². The number of hydrogen-bond donors (Lipinski definition) is 0. The molecule has 1 aromatic rings. The SMILES string of the molecule is N#CCCN1CCN(c2ccccc2)CC1. The van der Waals surface area contributed by atoms with Crippen LogP contribution in [0, 0.1) is 11.3 Å². The zero-order chi connectivity index (χ0) is 11.2. The van der Waals surface area contributed by atoms with Gasteiger partial charge in [0.15, 0.2) is 0 Å². The van der Waals surface area contributed by atoms with Crippen LogP contribution >= 0.6 is 0 Å². The number of benzene rings is 1. The molecule has 1 fully saturated rings. The first-order valence-electron chi connectivity index (χ1n) is 5.79. The van der Waals surface area contributed by atoms with Gasteiger partial charge in [-0.3, -0.25) is 4.90 Å². The lowest BCUT2D eigenvalue weighted by molar-refractivity contribution is 0.263. The van der Waals surface area contributed by atoms with Gasteiger partial charge in [0.2, 0.25) is 0 Å². The molecule has 0 unspecified atom stereocenters. The van der Waals surface area contributed by atoms with E-state index in [1.54, 1.807) is 0 Å². The Morgan fingerprint density at radius 3 is 2.38 bits per heavy atom. The fourth-order valence-corrected chi connectivity index (χ4v) is 2.08. The van der Waals surface area contributed by atoms with Crippen LogP contribution in [-0.4, -0.2) is 37.6 Å². The summed E-state index contributed by atoms with van der Waals surface area (Å²) < 4.78 is 0. The molecule has 2 rings (SSSR count). The van der Waals surface area contributed by atoms with Gasteiger partial charge in [-0.1, -0.05) is 18.2 Å². The van der Waals surface area contributed by atoms with E-state index in [-0.39, 0.29) is 0 Å². The minimum atomic E-state index is 0.644. The van der Waals surface area contributed by atoms with Gasteiger partial charge in [-0.05, 0) is 12.1 Å².